The van der Waals surface area contributed by atoms with E-state index in [1.54, 1.807) is 30.9 Å². The van der Waals surface area contributed by atoms with E-state index in [2.05, 4.69) is 25.3 Å². The highest BCUT2D eigenvalue weighted by Crippen LogP contribution is 2.23. The molecule has 3 rings (SSSR count). The second-order valence-electron chi connectivity index (χ2n) is 5.28. The van der Waals surface area contributed by atoms with Crippen LogP contribution in [0.3, 0.4) is 0 Å². The minimum atomic E-state index is -0.823. The Balaban J connectivity index is 1.99. The second-order valence-corrected chi connectivity index (χ2v) is 5.28. The van der Waals surface area contributed by atoms with Gasteiger partial charge in [0.25, 0.3) is 0 Å². The number of nitrogens with one attached hydrogen (secondary N) is 1. The van der Waals surface area contributed by atoms with Crippen LogP contribution in [0, 0.1) is 0 Å². The standard InChI is InChI=1S/C12H15N7O/c1-12(2,20)6-19-4-3-8(18-19)9-7-5-14-11(13)15-10(7)17-16-9/h3-5,20H,6H2,1-2H3,(H3,13,14,15,16,17). The Hall–Kier alpha value is -2.48. The topological polar surface area (TPSA) is 119 Å². The highest BCUT2D eigenvalue weighted by atomic mass is 16.3. The lowest BCUT2D eigenvalue weighted by atomic mass is 10.1. The Labute approximate surface area is 114 Å². The van der Waals surface area contributed by atoms with E-state index >= 15 is 0 Å². The molecule has 0 spiro atoms. The lowest BCUT2D eigenvalue weighted by molar-refractivity contribution is 0.0578. The second kappa shape index (κ2) is 4.27. The van der Waals surface area contributed by atoms with Gasteiger partial charge in [0, 0.05) is 12.4 Å². The van der Waals surface area contributed by atoms with Crippen molar-refractivity contribution in [2.75, 3.05) is 5.73 Å². The number of nitrogens with two attached hydrogens (primary N) is 1. The Morgan fingerprint density at radius 3 is 3.00 bits per heavy atom. The molecule has 0 saturated carbocycles. The molecule has 0 saturated heterocycles. The molecule has 4 N–H and O–H groups in total. The van der Waals surface area contributed by atoms with Gasteiger partial charge in [-0.05, 0) is 19.9 Å². The van der Waals surface area contributed by atoms with Crippen molar-refractivity contribution < 1.29 is 5.11 Å². The van der Waals surface area contributed by atoms with E-state index in [1.165, 1.54) is 0 Å². The third-order valence-corrected chi connectivity index (χ3v) is 2.78. The molecule has 0 aromatic carbocycles. The number of nitrogen functional groups attached to an aromatic ring is 1. The molecule has 3 heterocycles. The van der Waals surface area contributed by atoms with Gasteiger partial charge >= 0.3 is 0 Å². The molecule has 0 aliphatic heterocycles. The van der Waals surface area contributed by atoms with E-state index in [1.807, 2.05) is 6.07 Å². The Morgan fingerprint density at radius 1 is 1.45 bits per heavy atom. The van der Waals surface area contributed by atoms with Crippen molar-refractivity contribution in [3.05, 3.63) is 18.5 Å². The van der Waals surface area contributed by atoms with Crippen LogP contribution in [-0.4, -0.2) is 40.7 Å². The lowest BCUT2D eigenvalue weighted by Crippen LogP contribution is -2.26. The van der Waals surface area contributed by atoms with Crippen LogP contribution in [0.2, 0.25) is 0 Å². The van der Waals surface area contributed by atoms with Gasteiger partial charge in [0.15, 0.2) is 5.65 Å². The smallest absolute Gasteiger partial charge is 0.222 e. The van der Waals surface area contributed by atoms with Gasteiger partial charge in [-0.3, -0.25) is 9.78 Å². The van der Waals surface area contributed by atoms with Crippen LogP contribution in [0.4, 0.5) is 5.95 Å². The predicted octanol–water partition coefficient (Wildman–Crippen LogP) is 0.569. The molecule has 0 amide bonds. The number of anilines is 1. The molecule has 8 nitrogen and oxygen atoms in total. The van der Waals surface area contributed by atoms with Crippen molar-refractivity contribution in [1.82, 2.24) is 29.9 Å². The van der Waals surface area contributed by atoms with Crippen LogP contribution in [0.1, 0.15) is 13.8 Å². The highest BCUT2D eigenvalue weighted by molar-refractivity contribution is 5.89. The number of fused-ring (bicyclic) bond motifs is 1. The Morgan fingerprint density at radius 2 is 2.25 bits per heavy atom. The van der Waals surface area contributed by atoms with Gasteiger partial charge in [-0.1, -0.05) is 0 Å². The zero-order chi connectivity index (χ0) is 14.3. The highest BCUT2D eigenvalue weighted by Gasteiger charge is 2.16. The molecular formula is C12H15N7O. The van der Waals surface area contributed by atoms with Gasteiger partial charge in [0.2, 0.25) is 5.95 Å². The first-order chi connectivity index (χ1) is 9.42. The SMILES string of the molecule is CC(C)(O)Cn1ccc(-c2[nH]nc3nc(N)ncc23)n1. The average Bonchev–Trinajstić information content (AvgIpc) is 2.92. The van der Waals surface area contributed by atoms with Crippen molar-refractivity contribution in [2.45, 2.75) is 26.0 Å². The summed E-state index contributed by atoms with van der Waals surface area (Å²) in [5.41, 5.74) is 6.65. The largest absolute Gasteiger partial charge is 0.389 e. The minimum Gasteiger partial charge on any atom is -0.389 e. The van der Waals surface area contributed by atoms with Gasteiger partial charge in [-0.15, -0.1) is 0 Å². The first kappa shape index (κ1) is 12.5. The fraction of sp³-hybridized carbons (Fsp3) is 0.333. The van der Waals surface area contributed by atoms with Crippen molar-refractivity contribution in [3.63, 3.8) is 0 Å². The number of hydrogen-bond acceptors (Lipinski definition) is 6. The number of aromatic amines is 1. The summed E-state index contributed by atoms with van der Waals surface area (Å²) in [7, 11) is 0. The summed E-state index contributed by atoms with van der Waals surface area (Å²) < 4.78 is 1.68. The average molecular weight is 273 g/mol. The van der Waals surface area contributed by atoms with E-state index in [0.29, 0.717) is 17.9 Å². The number of hydrogen-bond donors (Lipinski definition) is 3. The molecule has 8 heteroatoms. The number of aliphatic hydroxyl groups is 1. The zero-order valence-electron chi connectivity index (χ0n) is 11.2. The normalized spacial score (nSPS) is 12.2. The molecule has 3 aromatic rings. The minimum absolute atomic E-state index is 0.183. The quantitative estimate of drug-likeness (QED) is 0.642. The fourth-order valence-corrected chi connectivity index (χ4v) is 1.99. The molecule has 0 atom stereocenters. The maximum atomic E-state index is 9.80. The number of H-pyrrole nitrogens is 1. The van der Waals surface area contributed by atoms with Crippen LogP contribution in [-0.2, 0) is 6.54 Å². The molecule has 3 aromatic heterocycles. The van der Waals surface area contributed by atoms with Crippen LogP contribution in [0.5, 0.6) is 0 Å². The maximum Gasteiger partial charge on any atom is 0.222 e. The molecular weight excluding hydrogens is 258 g/mol. The Bertz CT molecular complexity index is 753. The zero-order valence-corrected chi connectivity index (χ0v) is 11.2. The van der Waals surface area contributed by atoms with E-state index < -0.39 is 5.60 Å². The predicted molar refractivity (Wildman–Crippen MR) is 73.6 cm³/mol. The summed E-state index contributed by atoms with van der Waals surface area (Å²) in [6.07, 6.45) is 3.42. The van der Waals surface area contributed by atoms with Crippen LogP contribution in [0.25, 0.3) is 22.4 Å². The molecule has 0 radical (unpaired) electrons. The number of nitrogens with zero attached hydrogens (tertiary/aromatic N) is 5. The molecule has 20 heavy (non-hydrogen) atoms. The molecule has 0 bridgehead atoms. The number of aromatic nitrogens is 6. The van der Waals surface area contributed by atoms with Crippen LogP contribution in [0.15, 0.2) is 18.5 Å². The first-order valence-corrected chi connectivity index (χ1v) is 6.15. The molecule has 104 valence electrons. The van der Waals surface area contributed by atoms with Gasteiger partial charge in [0.1, 0.15) is 5.69 Å². The van der Waals surface area contributed by atoms with Gasteiger partial charge in [-0.25, -0.2) is 4.98 Å². The molecule has 0 aliphatic carbocycles. The summed E-state index contributed by atoms with van der Waals surface area (Å²) in [4.78, 5) is 8.00. The first-order valence-electron chi connectivity index (χ1n) is 6.15. The van der Waals surface area contributed by atoms with E-state index in [4.69, 9.17) is 5.73 Å². The van der Waals surface area contributed by atoms with Crippen molar-refractivity contribution >= 4 is 17.0 Å². The summed E-state index contributed by atoms with van der Waals surface area (Å²) in [5.74, 6) is 0.183. The van der Waals surface area contributed by atoms with Gasteiger partial charge in [0.05, 0.1) is 23.2 Å². The van der Waals surface area contributed by atoms with Gasteiger partial charge < -0.3 is 10.8 Å². The van der Waals surface area contributed by atoms with E-state index in [-0.39, 0.29) is 5.95 Å². The maximum absolute atomic E-state index is 9.80. The summed E-state index contributed by atoms with van der Waals surface area (Å²) >= 11 is 0. The molecule has 0 unspecified atom stereocenters. The summed E-state index contributed by atoms with van der Waals surface area (Å²) in [6.45, 7) is 3.87. The van der Waals surface area contributed by atoms with E-state index in [9.17, 15) is 5.11 Å². The summed E-state index contributed by atoms with van der Waals surface area (Å²) in [6, 6.07) is 1.84. The van der Waals surface area contributed by atoms with Crippen molar-refractivity contribution in [3.8, 4) is 11.4 Å². The summed E-state index contributed by atoms with van der Waals surface area (Å²) in [5, 5.41) is 21.9. The third kappa shape index (κ3) is 2.32. The Kier molecular flexibility index (Phi) is 2.68. The monoisotopic (exact) mass is 273 g/mol. The van der Waals surface area contributed by atoms with E-state index in [0.717, 1.165) is 11.1 Å². The van der Waals surface area contributed by atoms with Gasteiger partial charge in [-0.2, -0.15) is 15.2 Å². The molecule has 0 fully saturated rings. The third-order valence-electron chi connectivity index (χ3n) is 2.78. The number of rotatable bonds is 3. The van der Waals surface area contributed by atoms with Crippen molar-refractivity contribution in [2.24, 2.45) is 0 Å². The lowest BCUT2D eigenvalue weighted by Gasteiger charge is -2.16. The van der Waals surface area contributed by atoms with Crippen molar-refractivity contribution in [1.29, 1.82) is 0 Å². The fourth-order valence-electron chi connectivity index (χ4n) is 1.99. The van der Waals surface area contributed by atoms with Crippen LogP contribution >= 0.6 is 0 Å². The molecule has 0 aliphatic rings. The van der Waals surface area contributed by atoms with Crippen LogP contribution < -0.4 is 5.73 Å².